The largest absolute Gasteiger partial charge is 0.352 e. The number of nitrogens with zero attached hydrogens (tertiary/aromatic N) is 7. The lowest BCUT2D eigenvalue weighted by atomic mass is 10.1. The van der Waals surface area contributed by atoms with Gasteiger partial charge in [0.2, 0.25) is 5.91 Å². The summed E-state index contributed by atoms with van der Waals surface area (Å²) in [6.07, 6.45) is 1.55. The second-order valence-electron chi connectivity index (χ2n) is 7.21. The Balaban J connectivity index is 1.35. The third-order valence-corrected chi connectivity index (χ3v) is 5.06. The Kier molecular flexibility index (Phi) is 4.91. The summed E-state index contributed by atoms with van der Waals surface area (Å²) in [6, 6.07) is 6.04. The molecule has 9 nitrogen and oxygen atoms in total. The minimum absolute atomic E-state index is 0.0127. The molecule has 9 heteroatoms. The third-order valence-electron chi connectivity index (χ3n) is 5.06. The van der Waals surface area contributed by atoms with Gasteiger partial charge in [0, 0.05) is 38.9 Å². The molecule has 1 saturated heterocycles. The molecule has 0 radical (unpaired) electrons. The molecule has 3 heterocycles. The molecule has 2 aromatic heterocycles. The molecule has 146 valence electrons. The maximum atomic E-state index is 12.4. The maximum Gasteiger partial charge on any atom is 0.238 e. The average Bonchev–Trinajstić information content (AvgIpc) is 3.06. The number of anilines is 2. The highest BCUT2D eigenvalue weighted by Gasteiger charge is 2.23. The molecule has 0 aliphatic carbocycles. The monoisotopic (exact) mass is 380 g/mol. The van der Waals surface area contributed by atoms with E-state index in [-0.39, 0.29) is 5.91 Å². The summed E-state index contributed by atoms with van der Waals surface area (Å²) in [6.45, 7) is 7.56. The first kappa shape index (κ1) is 18.3. The molecule has 1 amide bonds. The number of nitrogens with one attached hydrogen (secondary N) is 1. The summed E-state index contributed by atoms with van der Waals surface area (Å²) >= 11 is 0. The minimum Gasteiger partial charge on any atom is -0.352 e. The highest BCUT2D eigenvalue weighted by Crippen LogP contribution is 2.21. The number of carbonyl (C=O) groups excluding carboxylic acids is 1. The predicted molar refractivity (Wildman–Crippen MR) is 107 cm³/mol. The normalized spacial score (nSPS) is 15.2. The van der Waals surface area contributed by atoms with Crippen molar-refractivity contribution in [1.82, 2.24) is 29.9 Å². The van der Waals surface area contributed by atoms with Gasteiger partial charge >= 0.3 is 0 Å². The fraction of sp³-hybridized carbons (Fsp3) is 0.421. The summed E-state index contributed by atoms with van der Waals surface area (Å²) in [5, 5.41) is 11.2. The molecule has 0 bridgehead atoms. The summed E-state index contributed by atoms with van der Waals surface area (Å²) in [5.41, 5.74) is 4.58. The van der Waals surface area contributed by atoms with Crippen LogP contribution in [0.25, 0.3) is 11.2 Å². The van der Waals surface area contributed by atoms with Crippen molar-refractivity contribution >= 4 is 28.6 Å². The lowest BCUT2D eigenvalue weighted by Crippen LogP contribution is -2.49. The van der Waals surface area contributed by atoms with E-state index in [2.05, 4.69) is 41.5 Å². The molecule has 1 aliphatic rings. The van der Waals surface area contributed by atoms with E-state index in [1.807, 2.05) is 33.0 Å². The van der Waals surface area contributed by atoms with Crippen LogP contribution in [0.4, 0.5) is 11.5 Å². The van der Waals surface area contributed by atoms with Crippen LogP contribution in [0.1, 0.15) is 11.1 Å². The quantitative estimate of drug-likeness (QED) is 0.725. The van der Waals surface area contributed by atoms with Gasteiger partial charge < -0.3 is 10.2 Å². The van der Waals surface area contributed by atoms with Crippen molar-refractivity contribution in [2.45, 2.75) is 13.8 Å². The van der Waals surface area contributed by atoms with Crippen LogP contribution in [-0.2, 0) is 11.8 Å². The molecular formula is C19H24N8O. The highest BCUT2D eigenvalue weighted by molar-refractivity contribution is 5.93. The van der Waals surface area contributed by atoms with E-state index in [0.29, 0.717) is 12.1 Å². The number of hydrogen-bond acceptors (Lipinski definition) is 7. The first-order valence-corrected chi connectivity index (χ1v) is 9.36. The van der Waals surface area contributed by atoms with Crippen LogP contribution in [-0.4, -0.2) is 68.5 Å². The lowest BCUT2D eigenvalue weighted by Gasteiger charge is -2.34. The van der Waals surface area contributed by atoms with E-state index in [1.54, 1.807) is 11.0 Å². The standard InChI is InChI=1S/C19H24N8O/c1-13-4-5-15(14(2)10-13)22-16(28)11-26-6-8-27(9-7-26)19-17-18(20-12-21-19)25(3)24-23-17/h4-5,10,12H,6-9,11H2,1-3H3,(H,22,28). The van der Waals surface area contributed by atoms with Gasteiger partial charge in [-0.25, -0.2) is 14.6 Å². The van der Waals surface area contributed by atoms with Gasteiger partial charge in [-0.1, -0.05) is 22.9 Å². The van der Waals surface area contributed by atoms with Crippen LogP contribution in [0.2, 0.25) is 0 Å². The molecule has 1 fully saturated rings. The van der Waals surface area contributed by atoms with Gasteiger partial charge in [0.25, 0.3) is 0 Å². The second-order valence-corrected chi connectivity index (χ2v) is 7.21. The zero-order valence-corrected chi connectivity index (χ0v) is 16.4. The molecule has 0 atom stereocenters. The van der Waals surface area contributed by atoms with E-state index in [1.165, 1.54) is 5.56 Å². The number of aryl methyl sites for hydroxylation is 3. The van der Waals surface area contributed by atoms with Crippen molar-refractivity contribution in [2.24, 2.45) is 7.05 Å². The van der Waals surface area contributed by atoms with Crippen molar-refractivity contribution in [3.63, 3.8) is 0 Å². The van der Waals surface area contributed by atoms with Gasteiger partial charge in [0.15, 0.2) is 17.0 Å². The predicted octanol–water partition coefficient (Wildman–Crippen LogP) is 1.14. The Hall–Kier alpha value is -3.07. The Morgan fingerprint density at radius 1 is 1.14 bits per heavy atom. The number of rotatable bonds is 4. The molecule has 0 spiro atoms. The van der Waals surface area contributed by atoms with E-state index in [9.17, 15) is 4.79 Å². The molecule has 1 aromatic carbocycles. The van der Waals surface area contributed by atoms with Crippen molar-refractivity contribution in [2.75, 3.05) is 42.9 Å². The van der Waals surface area contributed by atoms with Crippen LogP contribution in [0, 0.1) is 13.8 Å². The van der Waals surface area contributed by atoms with E-state index < -0.39 is 0 Å². The lowest BCUT2D eigenvalue weighted by molar-refractivity contribution is -0.117. The van der Waals surface area contributed by atoms with Crippen LogP contribution in [0.5, 0.6) is 0 Å². The Morgan fingerprint density at radius 2 is 1.93 bits per heavy atom. The fourth-order valence-corrected chi connectivity index (χ4v) is 3.54. The van der Waals surface area contributed by atoms with Crippen LogP contribution < -0.4 is 10.2 Å². The minimum atomic E-state index is 0.0127. The van der Waals surface area contributed by atoms with Crippen molar-refractivity contribution < 1.29 is 4.79 Å². The van der Waals surface area contributed by atoms with Crippen molar-refractivity contribution in [3.05, 3.63) is 35.7 Å². The number of aromatic nitrogens is 5. The highest BCUT2D eigenvalue weighted by atomic mass is 16.2. The molecule has 1 aliphatic heterocycles. The van der Waals surface area contributed by atoms with E-state index in [4.69, 9.17) is 0 Å². The van der Waals surface area contributed by atoms with Gasteiger partial charge in [-0.2, -0.15) is 0 Å². The first-order valence-electron chi connectivity index (χ1n) is 9.36. The number of carbonyl (C=O) groups is 1. The maximum absolute atomic E-state index is 12.4. The van der Waals surface area contributed by atoms with Crippen LogP contribution >= 0.6 is 0 Å². The summed E-state index contributed by atoms with van der Waals surface area (Å²) < 4.78 is 1.65. The average molecular weight is 380 g/mol. The van der Waals surface area contributed by atoms with E-state index >= 15 is 0 Å². The fourth-order valence-electron chi connectivity index (χ4n) is 3.54. The summed E-state index contributed by atoms with van der Waals surface area (Å²) in [7, 11) is 1.82. The second kappa shape index (κ2) is 7.51. The first-order chi connectivity index (χ1) is 13.5. The molecule has 0 unspecified atom stereocenters. The number of fused-ring (bicyclic) bond motifs is 1. The van der Waals surface area contributed by atoms with Gasteiger partial charge in [-0.15, -0.1) is 5.10 Å². The molecule has 1 N–H and O–H groups in total. The molecule has 28 heavy (non-hydrogen) atoms. The third kappa shape index (κ3) is 3.65. The van der Waals surface area contributed by atoms with Gasteiger partial charge in [0.05, 0.1) is 6.54 Å². The Bertz CT molecular complexity index is 1010. The topological polar surface area (TPSA) is 92.1 Å². The number of hydrogen-bond donors (Lipinski definition) is 1. The van der Waals surface area contributed by atoms with Crippen LogP contribution in [0.15, 0.2) is 24.5 Å². The van der Waals surface area contributed by atoms with Crippen LogP contribution in [0.3, 0.4) is 0 Å². The van der Waals surface area contributed by atoms with Crippen molar-refractivity contribution in [1.29, 1.82) is 0 Å². The van der Waals surface area contributed by atoms with Gasteiger partial charge in [-0.3, -0.25) is 9.69 Å². The number of benzene rings is 1. The summed E-state index contributed by atoms with van der Waals surface area (Å²) in [5.74, 6) is 0.816. The zero-order valence-electron chi connectivity index (χ0n) is 16.4. The van der Waals surface area contributed by atoms with Gasteiger partial charge in [-0.05, 0) is 25.5 Å². The van der Waals surface area contributed by atoms with Crippen molar-refractivity contribution in [3.8, 4) is 0 Å². The van der Waals surface area contributed by atoms with Gasteiger partial charge in [0.1, 0.15) is 6.33 Å². The van der Waals surface area contributed by atoms with E-state index in [0.717, 1.165) is 48.9 Å². The zero-order chi connectivity index (χ0) is 19.7. The molecule has 3 aromatic rings. The SMILES string of the molecule is Cc1ccc(NC(=O)CN2CCN(c3ncnc4c3nnn4C)CC2)c(C)c1. The number of amides is 1. The summed E-state index contributed by atoms with van der Waals surface area (Å²) in [4.78, 5) is 25.4. The number of piperazine rings is 1. The Labute approximate surface area is 163 Å². The Morgan fingerprint density at radius 3 is 2.68 bits per heavy atom. The molecule has 0 saturated carbocycles. The molecule has 4 rings (SSSR count). The smallest absolute Gasteiger partial charge is 0.238 e. The molecular weight excluding hydrogens is 356 g/mol.